The Morgan fingerprint density at radius 1 is 1.33 bits per heavy atom. The highest BCUT2D eigenvalue weighted by Gasteiger charge is 2.12. The number of benzene rings is 1. The van der Waals surface area contributed by atoms with Gasteiger partial charge in [-0.15, -0.1) is 22.9 Å². The summed E-state index contributed by atoms with van der Waals surface area (Å²) in [6, 6.07) is 7.69. The molecule has 2 heterocycles. The van der Waals surface area contributed by atoms with Crippen molar-refractivity contribution in [3.63, 3.8) is 0 Å². The Morgan fingerprint density at radius 2 is 2.10 bits per heavy atom. The van der Waals surface area contributed by atoms with Gasteiger partial charge in [-0.1, -0.05) is 12.1 Å². The average Bonchev–Trinajstić information content (AvgIpc) is 2.93. The van der Waals surface area contributed by atoms with Crippen molar-refractivity contribution in [1.82, 2.24) is 9.97 Å². The van der Waals surface area contributed by atoms with E-state index in [4.69, 9.17) is 16.3 Å². The molecule has 0 bridgehead atoms. The van der Waals surface area contributed by atoms with Crippen molar-refractivity contribution in [3.8, 4) is 16.9 Å². The summed E-state index contributed by atoms with van der Waals surface area (Å²) in [5, 5.41) is 2.55. The van der Waals surface area contributed by atoms with Crippen LogP contribution in [0.5, 0.6) is 5.75 Å². The summed E-state index contributed by atoms with van der Waals surface area (Å²) in [5.74, 6) is 1.51. The number of thiophene rings is 1. The van der Waals surface area contributed by atoms with Gasteiger partial charge >= 0.3 is 0 Å². The topological polar surface area (TPSA) is 55.0 Å². The zero-order valence-electron chi connectivity index (χ0n) is 11.4. The van der Waals surface area contributed by atoms with E-state index in [1.807, 2.05) is 36.6 Å². The molecule has 0 unspecified atom stereocenters. The van der Waals surface area contributed by atoms with Gasteiger partial charge in [0.05, 0.1) is 17.9 Å². The van der Waals surface area contributed by atoms with Crippen LogP contribution < -0.4 is 10.3 Å². The molecule has 0 aliphatic rings. The van der Waals surface area contributed by atoms with Crippen LogP contribution in [0.15, 0.2) is 34.4 Å². The molecule has 0 atom stereocenters. The van der Waals surface area contributed by atoms with E-state index in [2.05, 4.69) is 9.97 Å². The van der Waals surface area contributed by atoms with Gasteiger partial charge in [-0.05, 0) is 24.6 Å². The summed E-state index contributed by atoms with van der Waals surface area (Å²) < 4.78 is 5.43. The van der Waals surface area contributed by atoms with Gasteiger partial charge in [-0.2, -0.15) is 0 Å². The van der Waals surface area contributed by atoms with Gasteiger partial charge in [0, 0.05) is 10.9 Å². The summed E-state index contributed by atoms with van der Waals surface area (Å²) in [4.78, 5) is 20.0. The lowest BCUT2D eigenvalue weighted by atomic mass is 10.1. The van der Waals surface area contributed by atoms with E-state index in [-0.39, 0.29) is 11.4 Å². The number of ether oxygens (including phenoxy) is 1. The number of hydrogen-bond donors (Lipinski definition) is 1. The molecule has 21 heavy (non-hydrogen) atoms. The maximum absolute atomic E-state index is 12.2. The fourth-order valence-corrected chi connectivity index (χ4v) is 3.26. The van der Waals surface area contributed by atoms with Crippen molar-refractivity contribution in [2.24, 2.45) is 0 Å². The second-order valence-electron chi connectivity index (χ2n) is 4.43. The number of alkyl halides is 1. The van der Waals surface area contributed by atoms with Gasteiger partial charge in [0.2, 0.25) is 0 Å². The summed E-state index contributed by atoms with van der Waals surface area (Å²) >= 11 is 7.17. The normalized spacial score (nSPS) is 11.0. The minimum absolute atomic E-state index is 0.152. The van der Waals surface area contributed by atoms with E-state index < -0.39 is 0 Å². The molecule has 0 amide bonds. The second-order valence-corrected chi connectivity index (χ2v) is 5.56. The molecule has 3 rings (SSSR count). The van der Waals surface area contributed by atoms with E-state index in [1.165, 1.54) is 11.3 Å². The van der Waals surface area contributed by atoms with Gasteiger partial charge in [0.1, 0.15) is 16.4 Å². The zero-order valence-corrected chi connectivity index (χ0v) is 12.9. The first kappa shape index (κ1) is 14.1. The van der Waals surface area contributed by atoms with E-state index >= 15 is 0 Å². The molecule has 0 radical (unpaired) electrons. The van der Waals surface area contributed by atoms with Gasteiger partial charge in [-0.3, -0.25) is 4.79 Å². The number of nitrogens with zero attached hydrogens (tertiary/aromatic N) is 1. The number of aromatic amines is 1. The van der Waals surface area contributed by atoms with Gasteiger partial charge in [0.25, 0.3) is 5.56 Å². The third-order valence-corrected chi connectivity index (χ3v) is 4.22. The smallest absolute Gasteiger partial charge is 0.260 e. The number of fused-ring (bicyclic) bond motifs is 1. The molecule has 0 aliphatic carbocycles. The first-order valence-corrected chi connectivity index (χ1v) is 7.94. The average molecular weight is 321 g/mol. The van der Waals surface area contributed by atoms with E-state index in [0.29, 0.717) is 22.6 Å². The lowest BCUT2D eigenvalue weighted by molar-refractivity contribution is 0.340. The summed E-state index contributed by atoms with van der Waals surface area (Å²) in [6.45, 7) is 2.57. The van der Waals surface area contributed by atoms with Crippen molar-refractivity contribution in [3.05, 3.63) is 45.8 Å². The first-order chi connectivity index (χ1) is 10.2. The molecule has 108 valence electrons. The Bertz CT molecular complexity index is 824. The Hall–Kier alpha value is -1.85. The predicted molar refractivity (Wildman–Crippen MR) is 86.4 cm³/mol. The van der Waals surface area contributed by atoms with Gasteiger partial charge < -0.3 is 9.72 Å². The third kappa shape index (κ3) is 2.66. The Morgan fingerprint density at radius 3 is 2.76 bits per heavy atom. The lowest BCUT2D eigenvalue weighted by Gasteiger charge is -2.04. The zero-order chi connectivity index (χ0) is 14.8. The number of H-pyrrole nitrogens is 1. The monoisotopic (exact) mass is 320 g/mol. The predicted octanol–water partition coefficient (Wildman–Crippen LogP) is 3.79. The number of nitrogens with one attached hydrogen (secondary N) is 1. The fraction of sp³-hybridized carbons (Fsp3) is 0.200. The van der Waals surface area contributed by atoms with Crippen molar-refractivity contribution in [2.45, 2.75) is 12.8 Å². The number of rotatable bonds is 4. The van der Waals surface area contributed by atoms with Crippen LogP contribution in [-0.2, 0) is 5.88 Å². The Kier molecular flexibility index (Phi) is 3.94. The Labute approximate surface area is 130 Å². The van der Waals surface area contributed by atoms with Crippen molar-refractivity contribution < 1.29 is 4.74 Å². The standard InChI is InChI=1S/C15H13ClN2O2S/c1-2-20-10-5-3-9(4-6-10)11-8-21-15-13(11)14(19)17-12(7-16)18-15/h3-6,8H,2,7H2,1H3,(H,17,18,19). The van der Waals surface area contributed by atoms with Crippen molar-refractivity contribution in [2.75, 3.05) is 6.61 Å². The molecule has 6 heteroatoms. The molecule has 2 aromatic heterocycles. The first-order valence-electron chi connectivity index (χ1n) is 6.52. The summed E-state index contributed by atoms with van der Waals surface area (Å²) in [7, 11) is 0. The van der Waals surface area contributed by atoms with Crippen LogP contribution in [0, 0.1) is 0 Å². The van der Waals surface area contributed by atoms with E-state index in [9.17, 15) is 4.79 Å². The highest BCUT2D eigenvalue weighted by molar-refractivity contribution is 7.17. The maximum atomic E-state index is 12.2. The molecule has 0 fully saturated rings. The molecule has 0 saturated heterocycles. The van der Waals surface area contributed by atoms with Crippen LogP contribution in [0.1, 0.15) is 12.7 Å². The van der Waals surface area contributed by atoms with Crippen LogP contribution in [-0.4, -0.2) is 16.6 Å². The molecule has 1 N–H and O–H groups in total. The van der Waals surface area contributed by atoms with E-state index in [1.54, 1.807) is 0 Å². The van der Waals surface area contributed by atoms with Crippen LogP contribution in [0.4, 0.5) is 0 Å². The van der Waals surface area contributed by atoms with Gasteiger partial charge in [-0.25, -0.2) is 4.98 Å². The van der Waals surface area contributed by atoms with Gasteiger partial charge in [0.15, 0.2) is 0 Å². The molecule has 4 nitrogen and oxygen atoms in total. The Balaban J connectivity index is 2.10. The molecule has 0 saturated carbocycles. The maximum Gasteiger partial charge on any atom is 0.260 e. The van der Waals surface area contributed by atoms with E-state index in [0.717, 1.165) is 16.9 Å². The van der Waals surface area contributed by atoms with Crippen LogP contribution in [0.2, 0.25) is 0 Å². The summed E-state index contributed by atoms with van der Waals surface area (Å²) in [5.41, 5.74) is 1.70. The highest BCUT2D eigenvalue weighted by Crippen LogP contribution is 2.31. The molecular weight excluding hydrogens is 308 g/mol. The fourth-order valence-electron chi connectivity index (χ4n) is 2.17. The highest BCUT2D eigenvalue weighted by atomic mass is 35.5. The quantitative estimate of drug-likeness (QED) is 0.744. The minimum Gasteiger partial charge on any atom is -0.494 e. The minimum atomic E-state index is -0.152. The second kappa shape index (κ2) is 5.87. The molecule has 3 aromatic rings. The SMILES string of the molecule is CCOc1ccc(-c2csc3nc(CCl)[nH]c(=O)c23)cc1. The molecular formula is C15H13ClN2O2S. The number of halogens is 1. The van der Waals surface area contributed by atoms with Crippen molar-refractivity contribution >= 4 is 33.2 Å². The number of hydrogen-bond acceptors (Lipinski definition) is 4. The van der Waals surface area contributed by atoms with Crippen molar-refractivity contribution in [1.29, 1.82) is 0 Å². The molecule has 0 spiro atoms. The molecule has 0 aliphatic heterocycles. The van der Waals surface area contributed by atoms with Crippen LogP contribution in [0.25, 0.3) is 21.3 Å². The number of aromatic nitrogens is 2. The third-order valence-electron chi connectivity index (χ3n) is 3.10. The molecule has 1 aromatic carbocycles. The van der Waals surface area contributed by atoms with Crippen LogP contribution >= 0.6 is 22.9 Å². The summed E-state index contributed by atoms with van der Waals surface area (Å²) in [6.07, 6.45) is 0. The lowest BCUT2D eigenvalue weighted by Crippen LogP contribution is -2.10. The largest absolute Gasteiger partial charge is 0.494 e. The van der Waals surface area contributed by atoms with Crippen LogP contribution in [0.3, 0.4) is 0 Å².